The molecule has 0 unspecified atom stereocenters. The molecule has 0 spiro atoms. The molecule has 1 aliphatic rings. The number of furan rings is 1. The first-order chi connectivity index (χ1) is 14.2. The molecule has 0 bridgehead atoms. The molecule has 0 aliphatic heterocycles. The highest BCUT2D eigenvalue weighted by Crippen LogP contribution is 2.34. The molecule has 0 saturated heterocycles. The minimum absolute atomic E-state index is 0.0289. The monoisotopic (exact) mass is 411 g/mol. The quantitative estimate of drug-likeness (QED) is 0.496. The molecule has 150 valence electrons. The Kier molecular flexibility index (Phi) is 4.76. The second-order valence-corrected chi connectivity index (χ2v) is 8.32. The molecule has 1 aliphatic carbocycles. The summed E-state index contributed by atoms with van der Waals surface area (Å²) < 4.78 is 11.0. The van der Waals surface area contributed by atoms with Crippen LogP contribution in [0, 0.1) is 0 Å². The number of nitrogens with one attached hydrogen (secondary N) is 1. The molecule has 0 amide bonds. The lowest BCUT2D eigenvalue weighted by Gasteiger charge is -2.18. The summed E-state index contributed by atoms with van der Waals surface area (Å²) in [4.78, 5) is 24.7. The number of aromatic amines is 1. The van der Waals surface area contributed by atoms with Gasteiger partial charge in [0.2, 0.25) is 5.89 Å². The SMILES string of the molecule is CCCN(Cc1nc2sc3c(c2c(=O)[nH]1)CCC3)Cc1nnc(-c2ccco2)o1. The van der Waals surface area contributed by atoms with Crippen molar-refractivity contribution in [2.75, 3.05) is 6.54 Å². The van der Waals surface area contributed by atoms with E-state index in [1.54, 1.807) is 29.7 Å². The van der Waals surface area contributed by atoms with E-state index in [0.29, 0.717) is 36.5 Å². The Labute approximate surface area is 170 Å². The lowest BCUT2D eigenvalue weighted by molar-refractivity contribution is 0.226. The predicted octanol–water partition coefficient (Wildman–Crippen LogP) is 3.53. The number of aryl methyl sites for hydroxylation is 2. The van der Waals surface area contributed by atoms with Gasteiger partial charge in [-0.1, -0.05) is 6.92 Å². The van der Waals surface area contributed by atoms with E-state index in [9.17, 15) is 4.79 Å². The lowest BCUT2D eigenvalue weighted by atomic mass is 10.2. The number of hydrogen-bond donors (Lipinski definition) is 1. The normalized spacial score (nSPS) is 13.6. The fourth-order valence-corrected chi connectivity index (χ4v) is 5.15. The standard InChI is InChI=1S/C20H21N5O3S/c1-2-8-25(11-16-23-24-19(28-16)13-6-4-9-27-13)10-15-21-18(26)17-12-5-3-7-14(12)29-20(17)22-15/h4,6,9H,2-3,5,7-8,10-11H2,1H3,(H,21,22,26). The summed E-state index contributed by atoms with van der Waals surface area (Å²) in [6, 6.07) is 3.56. The highest BCUT2D eigenvalue weighted by molar-refractivity contribution is 7.18. The van der Waals surface area contributed by atoms with E-state index in [2.05, 4.69) is 27.0 Å². The summed E-state index contributed by atoms with van der Waals surface area (Å²) in [5, 5.41) is 8.97. The van der Waals surface area contributed by atoms with Crippen molar-refractivity contribution >= 4 is 21.6 Å². The Morgan fingerprint density at radius 2 is 2.21 bits per heavy atom. The van der Waals surface area contributed by atoms with Gasteiger partial charge < -0.3 is 13.8 Å². The molecule has 4 aromatic heterocycles. The van der Waals surface area contributed by atoms with Crippen molar-refractivity contribution in [3.05, 3.63) is 50.9 Å². The Morgan fingerprint density at radius 3 is 3.03 bits per heavy atom. The summed E-state index contributed by atoms with van der Waals surface area (Å²) in [6.45, 7) is 3.92. The number of aromatic nitrogens is 4. The molecule has 4 heterocycles. The van der Waals surface area contributed by atoms with E-state index in [0.717, 1.165) is 42.4 Å². The third-order valence-corrected chi connectivity index (χ3v) is 6.28. The van der Waals surface area contributed by atoms with Crippen molar-refractivity contribution in [1.82, 2.24) is 25.1 Å². The summed E-state index contributed by atoms with van der Waals surface area (Å²) in [5.74, 6) is 2.08. The van der Waals surface area contributed by atoms with Gasteiger partial charge in [-0.2, -0.15) is 0 Å². The Hall–Kier alpha value is -2.78. The summed E-state index contributed by atoms with van der Waals surface area (Å²) in [7, 11) is 0. The number of fused-ring (bicyclic) bond motifs is 3. The molecular weight excluding hydrogens is 390 g/mol. The zero-order valence-corrected chi connectivity index (χ0v) is 16.9. The Balaban J connectivity index is 1.37. The van der Waals surface area contributed by atoms with Crippen molar-refractivity contribution in [2.24, 2.45) is 0 Å². The Bertz CT molecular complexity index is 1190. The number of thiophene rings is 1. The van der Waals surface area contributed by atoms with Gasteiger partial charge in [0.1, 0.15) is 10.7 Å². The average molecular weight is 411 g/mol. The van der Waals surface area contributed by atoms with Gasteiger partial charge in [-0.25, -0.2) is 4.98 Å². The number of nitrogens with zero attached hydrogens (tertiary/aromatic N) is 4. The minimum atomic E-state index is -0.0289. The maximum absolute atomic E-state index is 12.7. The van der Waals surface area contributed by atoms with Gasteiger partial charge in [-0.05, 0) is 49.9 Å². The summed E-state index contributed by atoms with van der Waals surface area (Å²) in [5.41, 5.74) is 1.17. The highest BCUT2D eigenvalue weighted by Gasteiger charge is 2.22. The first-order valence-corrected chi connectivity index (χ1v) is 10.6. The molecule has 5 rings (SSSR count). The third kappa shape index (κ3) is 3.51. The fourth-order valence-electron chi connectivity index (χ4n) is 3.87. The van der Waals surface area contributed by atoms with E-state index < -0.39 is 0 Å². The van der Waals surface area contributed by atoms with Gasteiger partial charge in [0.05, 0.1) is 24.7 Å². The number of H-pyrrole nitrogens is 1. The molecule has 4 aromatic rings. The predicted molar refractivity (Wildman–Crippen MR) is 109 cm³/mol. The van der Waals surface area contributed by atoms with E-state index in [1.807, 2.05) is 0 Å². The first-order valence-electron chi connectivity index (χ1n) is 9.83. The van der Waals surface area contributed by atoms with E-state index in [4.69, 9.17) is 13.8 Å². The van der Waals surface area contributed by atoms with Gasteiger partial charge in [0.15, 0.2) is 5.76 Å². The van der Waals surface area contributed by atoms with Crippen LogP contribution >= 0.6 is 11.3 Å². The molecule has 1 N–H and O–H groups in total. The molecule has 0 fully saturated rings. The van der Waals surface area contributed by atoms with E-state index in [1.165, 1.54) is 10.4 Å². The summed E-state index contributed by atoms with van der Waals surface area (Å²) >= 11 is 1.66. The van der Waals surface area contributed by atoms with Gasteiger partial charge in [-0.3, -0.25) is 9.69 Å². The van der Waals surface area contributed by atoms with Gasteiger partial charge in [-0.15, -0.1) is 21.5 Å². The largest absolute Gasteiger partial charge is 0.459 e. The molecule has 9 heteroatoms. The van der Waals surface area contributed by atoms with E-state index in [-0.39, 0.29) is 5.56 Å². The number of rotatable bonds is 7. The molecule has 8 nitrogen and oxygen atoms in total. The van der Waals surface area contributed by atoms with Crippen molar-refractivity contribution in [3.63, 3.8) is 0 Å². The molecular formula is C20H21N5O3S. The van der Waals surface area contributed by atoms with Crippen molar-refractivity contribution in [1.29, 1.82) is 0 Å². The van der Waals surface area contributed by atoms with Crippen molar-refractivity contribution < 1.29 is 8.83 Å². The fraction of sp³-hybridized carbons (Fsp3) is 0.400. The van der Waals surface area contributed by atoms with Crippen LogP contribution in [0.1, 0.15) is 41.9 Å². The van der Waals surface area contributed by atoms with Crippen LogP contribution in [0.4, 0.5) is 0 Å². The second kappa shape index (κ2) is 7.57. The zero-order valence-electron chi connectivity index (χ0n) is 16.1. The molecule has 0 atom stereocenters. The van der Waals surface area contributed by atoms with Crippen LogP contribution in [-0.2, 0) is 25.9 Å². The van der Waals surface area contributed by atoms with Crippen LogP contribution < -0.4 is 5.56 Å². The van der Waals surface area contributed by atoms with Crippen molar-refractivity contribution in [2.45, 2.75) is 45.7 Å². The molecule has 0 aromatic carbocycles. The summed E-state index contributed by atoms with van der Waals surface area (Å²) in [6.07, 6.45) is 5.70. The smallest absolute Gasteiger partial charge is 0.283 e. The van der Waals surface area contributed by atoms with Crippen LogP contribution in [0.2, 0.25) is 0 Å². The van der Waals surface area contributed by atoms with Crippen LogP contribution in [0.25, 0.3) is 21.9 Å². The molecule has 0 radical (unpaired) electrons. The van der Waals surface area contributed by atoms with Crippen LogP contribution in [0.15, 0.2) is 32.0 Å². The average Bonchev–Trinajstić information content (AvgIpc) is 3.45. The maximum Gasteiger partial charge on any atom is 0.283 e. The van der Waals surface area contributed by atoms with E-state index >= 15 is 0 Å². The first kappa shape index (κ1) is 18.3. The van der Waals surface area contributed by atoms with Gasteiger partial charge in [0.25, 0.3) is 11.4 Å². The molecule has 0 saturated carbocycles. The second-order valence-electron chi connectivity index (χ2n) is 7.24. The van der Waals surface area contributed by atoms with Crippen LogP contribution in [0.5, 0.6) is 0 Å². The highest BCUT2D eigenvalue weighted by atomic mass is 32.1. The third-order valence-electron chi connectivity index (χ3n) is 5.09. The maximum atomic E-state index is 12.7. The van der Waals surface area contributed by atoms with Gasteiger partial charge in [0, 0.05) is 4.88 Å². The Morgan fingerprint density at radius 1 is 1.28 bits per heavy atom. The topological polar surface area (TPSA) is 101 Å². The lowest BCUT2D eigenvalue weighted by Crippen LogP contribution is -2.26. The minimum Gasteiger partial charge on any atom is -0.459 e. The van der Waals surface area contributed by atoms with Gasteiger partial charge >= 0.3 is 0 Å². The number of hydrogen-bond acceptors (Lipinski definition) is 8. The molecule has 29 heavy (non-hydrogen) atoms. The zero-order chi connectivity index (χ0) is 19.8. The van der Waals surface area contributed by atoms with Crippen molar-refractivity contribution in [3.8, 4) is 11.7 Å². The van der Waals surface area contributed by atoms with Crippen LogP contribution in [-0.4, -0.2) is 31.6 Å². The van der Waals surface area contributed by atoms with Crippen LogP contribution in [0.3, 0.4) is 0 Å².